The van der Waals surface area contributed by atoms with E-state index in [0.29, 0.717) is 10.0 Å². The van der Waals surface area contributed by atoms with Gasteiger partial charge in [0.05, 0.1) is 16.8 Å². The molecule has 4 heteroatoms. The highest BCUT2D eigenvalue weighted by Crippen LogP contribution is 2.31. The molecule has 19 heavy (non-hydrogen) atoms. The van der Waals surface area contributed by atoms with E-state index < -0.39 is 0 Å². The first-order chi connectivity index (χ1) is 8.97. The van der Waals surface area contributed by atoms with E-state index in [0.717, 1.165) is 16.8 Å². The van der Waals surface area contributed by atoms with E-state index >= 15 is 0 Å². The second-order valence-corrected chi connectivity index (χ2v) is 5.40. The number of rotatable bonds is 3. The number of nitrogens with one attached hydrogen (secondary N) is 1. The average Bonchev–Trinajstić information content (AvgIpc) is 2.32. The highest BCUT2D eigenvalue weighted by Gasteiger charge is 2.11. The Morgan fingerprint density at radius 3 is 2.47 bits per heavy atom. The summed E-state index contributed by atoms with van der Waals surface area (Å²) in [6.07, 6.45) is 0. The van der Waals surface area contributed by atoms with Gasteiger partial charge in [-0.15, -0.1) is 0 Å². The van der Waals surface area contributed by atoms with E-state index in [-0.39, 0.29) is 11.8 Å². The van der Waals surface area contributed by atoms with Crippen LogP contribution >= 0.6 is 23.2 Å². The van der Waals surface area contributed by atoms with Gasteiger partial charge in [0.2, 0.25) is 0 Å². The van der Waals surface area contributed by atoms with Crippen molar-refractivity contribution in [2.75, 3.05) is 5.32 Å². The summed E-state index contributed by atoms with van der Waals surface area (Å²) in [5.74, 6) is 0.282. The van der Waals surface area contributed by atoms with Crippen molar-refractivity contribution in [3.63, 3.8) is 0 Å². The monoisotopic (exact) mass is 295 g/mol. The molecule has 2 nitrogen and oxygen atoms in total. The van der Waals surface area contributed by atoms with Crippen molar-refractivity contribution < 1.29 is 5.11 Å². The lowest BCUT2D eigenvalue weighted by Crippen LogP contribution is -2.07. The highest BCUT2D eigenvalue weighted by atomic mass is 35.5. The van der Waals surface area contributed by atoms with Crippen molar-refractivity contribution >= 4 is 28.9 Å². The molecule has 2 aromatic rings. The van der Waals surface area contributed by atoms with Crippen LogP contribution in [0.1, 0.15) is 24.1 Å². The van der Waals surface area contributed by atoms with E-state index in [9.17, 15) is 5.11 Å². The number of aryl methyl sites for hydroxylation is 1. The summed E-state index contributed by atoms with van der Waals surface area (Å²) < 4.78 is 0. The first kappa shape index (κ1) is 14.0. The quantitative estimate of drug-likeness (QED) is 0.818. The molecule has 0 fully saturated rings. The van der Waals surface area contributed by atoms with E-state index in [1.807, 2.05) is 32.0 Å². The van der Waals surface area contributed by atoms with Crippen LogP contribution in [-0.2, 0) is 0 Å². The molecule has 0 saturated heterocycles. The Morgan fingerprint density at radius 1 is 1.11 bits per heavy atom. The van der Waals surface area contributed by atoms with Gasteiger partial charge in [-0.3, -0.25) is 0 Å². The van der Waals surface area contributed by atoms with Gasteiger partial charge in [-0.05, 0) is 43.7 Å². The Balaban J connectivity index is 2.23. The predicted molar refractivity (Wildman–Crippen MR) is 81.3 cm³/mol. The maximum Gasteiger partial charge on any atom is 0.121 e. The van der Waals surface area contributed by atoms with E-state index in [1.54, 1.807) is 18.2 Å². The van der Waals surface area contributed by atoms with Crippen molar-refractivity contribution in [1.29, 1.82) is 0 Å². The van der Waals surface area contributed by atoms with Crippen LogP contribution < -0.4 is 5.32 Å². The van der Waals surface area contributed by atoms with Crippen LogP contribution in [0.25, 0.3) is 0 Å². The summed E-state index contributed by atoms with van der Waals surface area (Å²) in [6, 6.07) is 10.9. The molecule has 2 aromatic carbocycles. The van der Waals surface area contributed by atoms with E-state index in [2.05, 4.69) is 5.32 Å². The van der Waals surface area contributed by atoms with Crippen molar-refractivity contribution in [1.82, 2.24) is 0 Å². The molecule has 2 rings (SSSR count). The van der Waals surface area contributed by atoms with Crippen LogP contribution in [0, 0.1) is 6.92 Å². The van der Waals surface area contributed by atoms with Crippen LogP contribution in [0.15, 0.2) is 36.4 Å². The second-order valence-electron chi connectivity index (χ2n) is 4.55. The third kappa shape index (κ3) is 3.34. The molecule has 0 aliphatic heterocycles. The fourth-order valence-electron chi connectivity index (χ4n) is 1.94. The molecular formula is C15H15Cl2NO. The molecule has 0 aliphatic carbocycles. The zero-order valence-corrected chi connectivity index (χ0v) is 12.3. The number of anilines is 1. The maximum atomic E-state index is 9.96. The van der Waals surface area contributed by atoms with E-state index in [1.165, 1.54) is 0 Å². The molecule has 1 unspecified atom stereocenters. The van der Waals surface area contributed by atoms with Crippen LogP contribution in [0.2, 0.25) is 10.0 Å². The van der Waals surface area contributed by atoms with Crippen LogP contribution in [0.3, 0.4) is 0 Å². The fourth-order valence-corrected chi connectivity index (χ4v) is 2.40. The van der Waals surface area contributed by atoms with Gasteiger partial charge in [-0.1, -0.05) is 35.3 Å². The minimum Gasteiger partial charge on any atom is -0.508 e. The topological polar surface area (TPSA) is 32.3 Å². The Bertz CT molecular complexity index is 599. The smallest absolute Gasteiger partial charge is 0.121 e. The van der Waals surface area contributed by atoms with Gasteiger partial charge >= 0.3 is 0 Å². The predicted octanol–water partition coefficient (Wildman–Crippen LogP) is 5.18. The standard InChI is InChI=1S/C15H15Cl2NO/c1-9-3-5-12(15(19)7-9)10(2)18-14-6-4-11(16)8-13(14)17/h3-8,10,18-19H,1-2H3. The highest BCUT2D eigenvalue weighted by molar-refractivity contribution is 6.36. The Labute approximate surface area is 123 Å². The zero-order chi connectivity index (χ0) is 14.0. The molecule has 0 heterocycles. The van der Waals surface area contributed by atoms with Gasteiger partial charge in [0, 0.05) is 10.6 Å². The largest absolute Gasteiger partial charge is 0.508 e. The number of hydrogen-bond donors (Lipinski definition) is 2. The summed E-state index contributed by atoms with van der Waals surface area (Å²) in [6.45, 7) is 3.91. The molecule has 0 radical (unpaired) electrons. The molecule has 0 aromatic heterocycles. The Kier molecular flexibility index (Phi) is 4.23. The van der Waals surface area contributed by atoms with Crippen molar-refractivity contribution in [3.05, 3.63) is 57.6 Å². The normalized spacial score (nSPS) is 12.2. The molecule has 100 valence electrons. The van der Waals surface area contributed by atoms with Gasteiger partial charge in [-0.25, -0.2) is 0 Å². The number of hydrogen-bond acceptors (Lipinski definition) is 2. The number of phenolic OH excluding ortho intramolecular Hbond substituents is 1. The minimum absolute atomic E-state index is 0.0562. The SMILES string of the molecule is Cc1ccc(C(C)Nc2ccc(Cl)cc2Cl)c(O)c1. The minimum atomic E-state index is -0.0562. The van der Waals surface area contributed by atoms with E-state index in [4.69, 9.17) is 23.2 Å². The van der Waals surface area contributed by atoms with Crippen molar-refractivity contribution in [2.24, 2.45) is 0 Å². The van der Waals surface area contributed by atoms with Crippen LogP contribution in [0.5, 0.6) is 5.75 Å². The second kappa shape index (κ2) is 5.72. The third-order valence-electron chi connectivity index (χ3n) is 2.96. The number of aromatic hydroxyl groups is 1. The van der Waals surface area contributed by atoms with Gasteiger partial charge in [-0.2, -0.15) is 0 Å². The lowest BCUT2D eigenvalue weighted by atomic mass is 10.0. The first-order valence-electron chi connectivity index (χ1n) is 5.98. The van der Waals surface area contributed by atoms with Gasteiger partial charge in [0.1, 0.15) is 5.75 Å². The molecule has 0 saturated carbocycles. The Morgan fingerprint density at radius 2 is 1.84 bits per heavy atom. The van der Waals surface area contributed by atoms with Crippen LogP contribution in [0.4, 0.5) is 5.69 Å². The Hall–Kier alpha value is -1.38. The van der Waals surface area contributed by atoms with Gasteiger partial charge < -0.3 is 10.4 Å². The van der Waals surface area contributed by atoms with Crippen molar-refractivity contribution in [3.8, 4) is 5.75 Å². The maximum absolute atomic E-state index is 9.96. The summed E-state index contributed by atoms with van der Waals surface area (Å²) >= 11 is 12.0. The van der Waals surface area contributed by atoms with Crippen molar-refractivity contribution in [2.45, 2.75) is 19.9 Å². The fraction of sp³-hybridized carbons (Fsp3) is 0.200. The molecule has 2 N–H and O–H groups in total. The summed E-state index contributed by atoms with van der Waals surface area (Å²) in [5.41, 5.74) is 2.65. The number of phenols is 1. The zero-order valence-electron chi connectivity index (χ0n) is 10.7. The summed E-state index contributed by atoms with van der Waals surface area (Å²) in [5, 5.41) is 14.4. The molecule has 0 spiro atoms. The summed E-state index contributed by atoms with van der Waals surface area (Å²) in [4.78, 5) is 0. The summed E-state index contributed by atoms with van der Waals surface area (Å²) in [7, 11) is 0. The first-order valence-corrected chi connectivity index (χ1v) is 6.74. The lowest BCUT2D eigenvalue weighted by molar-refractivity contribution is 0.465. The molecular weight excluding hydrogens is 281 g/mol. The molecule has 0 amide bonds. The average molecular weight is 296 g/mol. The molecule has 0 bridgehead atoms. The lowest BCUT2D eigenvalue weighted by Gasteiger charge is -2.18. The van der Waals surface area contributed by atoms with Gasteiger partial charge in [0.15, 0.2) is 0 Å². The number of halogens is 2. The number of benzene rings is 2. The molecule has 0 aliphatic rings. The van der Waals surface area contributed by atoms with Gasteiger partial charge in [0.25, 0.3) is 0 Å². The third-order valence-corrected chi connectivity index (χ3v) is 3.50. The van der Waals surface area contributed by atoms with Crippen LogP contribution in [-0.4, -0.2) is 5.11 Å². The molecule has 1 atom stereocenters.